The highest BCUT2D eigenvalue weighted by molar-refractivity contribution is 6.74. The summed E-state index contributed by atoms with van der Waals surface area (Å²) < 4.78 is 15.8. The van der Waals surface area contributed by atoms with Crippen molar-refractivity contribution in [2.45, 2.75) is 103 Å². The minimum absolute atomic E-state index is 0.157. The van der Waals surface area contributed by atoms with Crippen LogP contribution < -0.4 is 5.32 Å². The topological polar surface area (TPSA) is 74.1 Å². The molecule has 0 spiro atoms. The fraction of sp³-hybridized carbons (Fsp3) is 0.633. The summed E-state index contributed by atoms with van der Waals surface area (Å²) in [5.41, 5.74) is 2.70. The minimum Gasteiger partial charge on any atom is -0.416 e. The van der Waals surface area contributed by atoms with E-state index < -0.39 is 16.6 Å². The van der Waals surface area contributed by atoms with E-state index in [1.165, 1.54) is 0 Å². The van der Waals surface area contributed by atoms with E-state index in [9.17, 15) is 0 Å². The Labute approximate surface area is 237 Å². The highest BCUT2D eigenvalue weighted by Gasteiger charge is 2.45. The third kappa shape index (κ3) is 6.31. The van der Waals surface area contributed by atoms with E-state index >= 15 is 0 Å². The van der Waals surface area contributed by atoms with Gasteiger partial charge in [0, 0.05) is 31.2 Å². The summed E-state index contributed by atoms with van der Waals surface area (Å²) in [6.07, 6.45) is 3.71. The lowest BCUT2D eigenvalue weighted by molar-refractivity contribution is 0.101. The number of anilines is 1. The smallest absolute Gasteiger partial charge is 0.192 e. The Hall–Kier alpha value is -2.08. The number of fused-ring (bicyclic) bond motifs is 1. The summed E-state index contributed by atoms with van der Waals surface area (Å²) >= 11 is 0. The molecule has 0 saturated heterocycles. The number of nitrogens with zero attached hydrogens (tertiary/aromatic N) is 4. The summed E-state index contributed by atoms with van der Waals surface area (Å²) in [5, 5.41) is 4.09. The molecule has 3 aromatic rings. The van der Waals surface area contributed by atoms with Crippen LogP contribution in [0.2, 0.25) is 36.3 Å². The number of hydrogen-bond donors (Lipinski definition) is 1. The van der Waals surface area contributed by atoms with Crippen molar-refractivity contribution in [1.82, 2.24) is 19.5 Å². The van der Waals surface area contributed by atoms with Gasteiger partial charge in [-0.1, -0.05) is 71.9 Å². The third-order valence-corrected chi connectivity index (χ3v) is 18.4. The number of aromatic nitrogens is 4. The Balaban J connectivity index is 1.59. The summed E-state index contributed by atoms with van der Waals surface area (Å²) in [6, 6.07) is 10.5. The zero-order chi connectivity index (χ0) is 28.8. The Morgan fingerprint density at radius 1 is 0.923 bits per heavy atom. The average Bonchev–Trinajstić information content (AvgIpc) is 3.37. The maximum atomic E-state index is 7.05. The zero-order valence-electron chi connectivity index (χ0n) is 25.9. The molecule has 9 heteroatoms. The Kier molecular flexibility index (Phi) is 8.22. The van der Waals surface area contributed by atoms with Crippen molar-refractivity contribution in [3.05, 3.63) is 36.7 Å². The first-order chi connectivity index (χ1) is 18.0. The number of hydrogen-bond acceptors (Lipinski definition) is 6. The van der Waals surface area contributed by atoms with Gasteiger partial charge in [0.1, 0.15) is 12.2 Å². The SMILES string of the molecule is Cn1c(-c2ccccc2)nc2c(N[C@@H]3C[C@@H](CO[Si](C)(C)C(C)(C)C)[C@@H](O[Si](C)(C)C(C)(C)C)C3)ncnc21. The van der Waals surface area contributed by atoms with Crippen LogP contribution in [0.5, 0.6) is 0 Å². The first-order valence-electron chi connectivity index (χ1n) is 14.3. The second-order valence-electron chi connectivity index (χ2n) is 14.3. The zero-order valence-corrected chi connectivity index (χ0v) is 27.9. The quantitative estimate of drug-likeness (QED) is 0.282. The van der Waals surface area contributed by atoms with Crippen LogP contribution in [0.4, 0.5) is 5.82 Å². The summed E-state index contributed by atoms with van der Waals surface area (Å²) in [7, 11) is -1.79. The molecule has 4 rings (SSSR count). The van der Waals surface area contributed by atoms with Crippen LogP contribution >= 0.6 is 0 Å². The molecular weight excluding hydrogens is 519 g/mol. The average molecular weight is 568 g/mol. The Morgan fingerprint density at radius 2 is 1.56 bits per heavy atom. The maximum Gasteiger partial charge on any atom is 0.192 e. The van der Waals surface area contributed by atoms with Gasteiger partial charge in [-0.25, -0.2) is 15.0 Å². The Bertz CT molecular complexity index is 1280. The molecular formula is C30H49N5O2Si2. The van der Waals surface area contributed by atoms with Gasteiger partial charge < -0.3 is 18.7 Å². The van der Waals surface area contributed by atoms with Gasteiger partial charge in [0.2, 0.25) is 0 Å². The second kappa shape index (κ2) is 10.7. The molecule has 0 amide bonds. The van der Waals surface area contributed by atoms with E-state index in [1.54, 1.807) is 6.33 Å². The molecule has 2 heterocycles. The monoisotopic (exact) mass is 567 g/mol. The fourth-order valence-electron chi connectivity index (χ4n) is 4.75. The van der Waals surface area contributed by atoms with Crippen LogP contribution in [0.1, 0.15) is 54.4 Å². The van der Waals surface area contributed by atoms with E-state index in [0.717, 1.165) is 47.8 Å². The lowest BCUT2D eigenvalue weighted by Gasteiger charge is -2.41. The summed E-state index contributed by atoms with van der Waals surface area (Å²) in [6.45, 7) is 24.0. The summed E-state index contributed by atoms with van der Waals surface area (Å²) in [5.74, 6) is 2.02. The molecule has 1 aliphatic carbocycles. The molecule has 0 unspecified atom stereocenters. The molecule has 1 N–H and O–H groups in total. The largest absolute Gasteiger partial charge is 0.416 e. The van der Waals surface area contributed by atoms with E-state index in [2.05, 4.69) is 95.1 Å². The van der Waals surface area contributed by atoms with Crippen LogP contribution in [0.3, 0.4) is 0 Å². The van der Waals surface area contributed by atoms with Gasteiger partial charge in [-0.3, -0.25) is 0 Å². The van der Waals surface area contributed by atoms with Gasteiger partial charge in [-0.15, -0.1) is 0 Å². The van der Waals surface area contributed by atoms with Gasteiger partial charge >= 0.3 is 0 Å². The predicted octanol–water partition coefficient (Wildman–Crippen LogP) is 7.63. The van der Waals surface area contributed by atoms with Crippen molar-refractivity contribution in [1.29, 1.82) is 0 Å². The first-order valence-corrected chi connectivity index (χ1v) is 20.1. The van der Waals surface area contributed by atoms with Crippen LogP contribution in [-0.2, 0) is 15.9 Å². The molecule has 0 bridgehead atoms. The number of aryl methyl sites for hydroxylation is 1. The predicted molar refractivity (Wildman–Crippen MR) is 167 cm³/mol. The Morgan fingerprint density at radius 3 is 2.18 bits per heavy atom. The maximum absolute atomic E-state index is 7.05. The van der Waals surface area contributed by atoms with Crippen molar-refractivity contribution in [2.24, 2.45) is 13.0 Å². The van der Waals surface area contributed by atoms with Crippen LogP contribution in [0, 0.1) is 5.92 Å². The highest BCUT2D eigenvalue weighted by atomic mass is 28.4. The highest BCUT2D eigenvalue weighted by Crippen LogP contribution is 2.43. The molecule has 2 aromatic heterocycles. The normalized spacial score (nSPS) is 21.1. The molecule has 0 aliphatic heterocycles. The standard InChI is InChI=1S/C30H49N5O2Si2/c1-29(2,3)38(8,9)36-19-22-17-23(18-24(22)37-39(10,11)30(4,5)6)33-26-25-28(32-20-31-26)35(7)27(34-25)21-15-13-12-14-16-21/h12-16,20,22-24H,17-19H2,1-11H3,(H,31,32,33)/t22-,23+,24-/m0/s1. The molecule has 1 saturated carbocycles. The lowest BCUT2D eigenvalue weighted by Crippen LogP contribution is -2.46. The number of imidazole rings is 1. The van der Waals surface area contributed by atoms with Crippen LogP contribution in [0.15, 0.2) is 36.7 Å². The second-order valence-corrected chi connectivity index (χ2v) is 23.9. The van der Waals surface area contributed by atoms with Crippen molar-refractivity contribution < 1.29 is 8.85 Å². The molecule has 3 atom stereocenters. The number of nitrogens with one attached hydrogen (secondary N) is 1. The van der Waals surface area contributed by atoms with E-state index in [4.69, 9.17) is 13.8 Å². The molecule has 0 radical (unpaired) electrons. The van der Waals surface area contributed by atoms with Gasteiger partial charge in [0.15, 0.2) is 33.6 Å². The van der Waals surface area contributed by atoms with E-state index in [0.29, 0.717) is 5.92 Å². The van der Waals surface area contributed by atoms with Gasteiger partial charge in [-0.2, -0.15) is 0 Å². The van der Waals surface area contributed by atoms with E-state index in [1.807, 2.05) is 29.8 Å². The molecule has 214 valence electrons. The van der Waals surface area contributed by atoms with Crippen molar-refractivity contribution >= 4 is 33.6 Å². The van der Waals surface area contributed by atoms with Crippen LogP contribution in [-0.4, -0.2) is 54.9 Å². The number of benzene rings is 1. The minimum atomic E-state index is -1.94. The van der Waals surface area contributed by atoms with Crippen LogP contribution in [0.25, 0.3) is 22.6 Å². The van der Waals surface area contributed by atoms with Gasteiger partial charge in [0.05, 0.1) is 6.10 Å². The molecule has 1 aliphatic rings. The fourth-order valence-corrected chi connectivity index (χ4v) is 7.22. The molecule has 1 aromatic carbocycles. The first kappa shape index (κ1) is 29.9. The third-order valence-electron chi connectivity index (χ3n) is 9.38. The summed E-state index contributed by atoms with van der Waals surface area (Å²) in [4.78, 5) is 14.2. The van der Waals surface area contributed by atoms with Crippen molar-refractivity contribution in [3.8, 4) is 11.4 Å². The molecule has 39 heavy (non-hydrogen) atoms. The van der Waals surface area contributed by atoms with E-state index in [-0.39, 0.29) is 22.2 Å². The van der Waals surface area contributed by atoms with Gasteiger partial charge in [-0.05, 0) is 49.1 Å². The van der Waals surface area contributed by atoms with Crippen molar-refractivity contribution in [2.75, 3.05) is 11.9 Å². The molecule has 7 nitrogen and oxygen atoms in total. The van der Waals surface area contributed by atoms with Gasteiger partial charge in [0.25, 0.3) is 0 Å². The number of rotatable bonds is 8. The molecule has 1 fully saturated rings. The van der Waals surface area contributed by atoms with Crippen molar-refractivity contribution in [3.63, 3.8) is 0 Å². The lowest BCUT2D eigenvalue weighted by atomic mass is 10.1.